The maximum Gasteiger partial charge on any atom is 0.488 e. The van der Waals surface area contributed by atoms with Gasteiger partial charge in [0.25, 0.3) is 16.5 Å². The molecule has 0 aliphatic carbocycles. The van der Waals surface area contributed by atoms with Crippen LogP contribution in [-0.4, -0.2) is 18.5 Å². The molecular weight excluding hydrogens is 574 g/mol. The Bertz CT molecular complexity index is 1950. The van der Waals surface area contributed by atoms with Crippen molar-refractivity contribution < 1.29 is 38.2 Å². The number of hydrogen-bond acceptors (Lipinski definition) is 7. The second-order valence-corrected chi connectivity index (χ2v) is 11.4. The Morgan fingerprint density at radius 3 is 1.44 bits per heavy atom. The third-order valence-electron chi connectivity index (χ3n) is 6.31. The van der Waals surface area contributed by atoms with E-state index in [0.29, 0.717) is 11.3 Å². The van der Waals surface area contributed by atoms with Crippen molar-refractivity contribution in [2.75, 3.05) is 0 Å². The van der Waals surface area contributed by atoms with Crippen LogP contribution in [0.25, 0.3) is 32.3 Å². The molecule has 2 unspecified atom stereocenters. The summed E-state index contributed by atoms with van der Waals surface area (Å²) >= 11 is 0. The molecule has 0 amide bonds. The maximum absolute atomic E-state index is 13.3. The molecule has 0 N–H and O–H groups in total. The smallest absolute Gasteiger partial charge is 0.451 e. The molecule has 0 radical (unpaired) electrons. The van der Waals surface area contributed by atoms with Crippen LogP contribution in [-0.2, 0) is 20.7 Å². The Labute approximate surface area is 234 Å². The minimum absolute atomic E-state index is 0.00123. The van der Waals surface area contributed by atoms with E-state index in [1.807, 2.05) is 42.5 Å². The molecule has 0 saturated carbocycles. The van der Waals surface area contributed by atoms with Crippen molar-refractivity contribution in [3.63, 3.8) is 0 Å². The van der Waals surface area contributed by atoms with Crippen LogP contribution >= 0.6 is 0 Å². The van der Waals surface area contributed by atoms with Crippen LogP contribution in [0.2, 0.25) is 0 Å². The molecule has 11 heteroatoms. The molecule has 0 aliphatic rings. The lowest BCUT2D eigenvalue weighted by molar-refractivity contribution is 0.00394. The molecule has 2 atom stereocenters. The fraction of sp³-hybridized carbons (Fsp3) is 0.0333. The molecule has 0 bridgehead atoms. The number of halogens is 2. The third kappa shape index (κ3) is 5.96. The fourth-order valence-electron chi connectivity index (χ4n) is 4.73. The Morgan fingerprint density at radius 1 is 0.561 bits per heavy atom. The Hall–Kier alpha value is -4.61. The van der Waals surface area contributed by atoms with Crippen molar-refractivity contribution in [3.05, 3.63) is 109 Å². The summed E-state index contributed by atoms with van der Waals surface area (Å²) in [5, 5.41) is 6.42. The van der Waals surface area contributed by atoms with Gasteiger partial charge in [-0.3, -0.25) is 0 Å². The first-order chi connectivity index (χ1) is 19.5. The monoisotopic (exact) mass is 594 g/mol. The van der Waals surface area contributed by atoms with Gasteiger partial charge in [-0.2, -0.15) is 12.6 Å². The van der Waals surface area contributed by atoms with Gasteiger partial charge in [0, 0.05) is 11.4 Å². The van der Waals surface area contributed by atoms with Gasteiger partial charge in [-0.15, -0.1) is 3.89 Å². The van der Waals surface area contributed by atoms with E-state index in [4.69, 9.17) is 9.47 Å². The lowest BCUT2D eigenvalue weighted by Gasteiger charge is -2.22. The molecule has 0 aromatic heterocycles. The van der Waals surface area contributed by atoms with Crippen LogP contribution < -0.4 is 17.8 Å². The number of benzene rings is 6. The Balaban J connectivity index is 1.39. The van der Waals surface area contributed by atoms with E-state index in [-0.39, 0.29) is 17.2 Å². The zero-order valence-corrected chi connectivity index (χ0v) is 22.7. The summed E-state index contributed by atoms with van der Waals surface area (Å²) in [7, 11) is -9.37. The summed E-state index contributed by atoms with van der Waals surface area (Å²) in [6.45, 7) is 0. The highest BCUT2D eigenvalue weighted by Gasteiger charge is 2.20. The van der Waals surface area contributed by atoms with Crippen molar-refractivity contribution in [2.45, 2.75) is 6.29 Å². The molecule has 0 fully saturated rings. The third-order valence-corrected chi connectivity index (χ3v) is 7.14. The van der Waals surface area contributed by atoms with Gasteiger partial charge in [-0.05, 0) is 93.0 Å². The van der Waals surface area contributed by atoms with Crippen LogP contribution in [0.4, 0.5) is 7.77 Å². The van der Waals surface area contributed by atoms with Crippen LogP contribution in [0, 0.1) is 0 Å². The van der Waals surface area contributed by atoms with E-state index in [1.54, 1.807) is 0 Å². The second-order valence-electron chi connectivity index (χ2n) is 9.16. The summed E-state index contributed by atoms with van der Waals surface area (Å²) in [6.07, 6.45) is -1.02. The van der Waals surface area contributed by atoms with Crippen LogP contribution in [0.1, 0.15) is 11.9 Å². The molecule has 0 saturated heterocycles. The van der Waals surface area contributed by atoms with Gasteiger partial charge < -0.3 is 17.8 Å². The molecule has 0 heterocycles. The van der Waals surface area contributed by atoms with Gasteiger partial charge in [-0.1, -0.05) is 46.4 Å². The number of hydrogen-bond donors (Lipinski definition) is 0. The Morgan fingerprint density at radius 2 is 0.976 bits per heavy atom. The molecular formula is C30H20F2O7S2. The number of rotatable bonds is 9. The molecule has 6 aromatic carbocycles. The number of ether oxygens (including phenoxy) is 2. The molecule has 7 nitrogen and oxygen atoms in total. The van der Waals surface area contributed by atoms with E-state index in [1.165, 1.54) is 48.5 Å². The second kappa shape index (κ2) is 10.1. The van der Waals surface area contributed by atoms with Gasteiger partial charge in [0.1, 0.15) is 23.0 Å². The average Bonchev–Trinajstić information content (AvgIpc) is 2.91. The van der Waals surface area contributed by atoms with E-state index in [0.717, 1.165) is 32.3 Å². The van der Waals surface area contributed by atoms with Crippen molar-refractivity contribution >= 4 is 58.9 Å². The predicted octanol–water partition coefficient (Wildman–Crippen LogP) is 7.23. The molecule has 208 valence electrons. The highest BCUT2D eigenvalue weighted by atomic mass is 32.3. The Kier molecular flexibility index (Phi) is 6.55. The lowest BCUT2D eigenvalue weighted by Crippen LogP contribution is -2.15. The summed E-state index contributed by atoms with van der Waals surface area (Å²) in [5.41, 5.74) is 0.660. The van der Waals surface area contributed by atoms with Crippen molar-refractivity contribution in [2.24, 2.45) is 0 Å². The zero-order chi connectivity index (χ0) is 28.8. The minimum atomic E-state index is -5.18. The zero-order valence-electron chi connectivity index (χ0n) is 21.0. The largest absolute Gasteiger partial charge is 0.488 e. The van der Waals surface area contributed by atoms with E-state index in [2.05, 4.69) is 26.4 Å². The van der Waals surface area contributed by atoms with Crippen LogP contribution in [0.15, 0.2) is 103 Å². The first-order valence-electron chi connectivity index (χ1n) is 12.1. The van der Waals surface area contributed by atoms with Crippen LogP contribution in [0.5, 0.6) is 23.0 Å². The summed E-state index contributed by atoms with van der Waals surface area (Å²) < 4.78 is 80.4. The predicted molar refractivity (Wildman–Crippen MR) is 155 cm³/mol. The van der Waals surface area contributed by atoms with Gasteiger partial charge in [0.05, 0.1) is 0 Å². The quantitative estimate of drug-likeness (QED) is 0.0755. The lowest BCUT2D eigenvalue weighted by atomic mass is 9.93. The average molecular weight is 595 g/mol. The highest BCUT2D eigenvalue weighted by molar-refractivity contribution is 7.91. The molecule has 41 heavy (non-hydrogen) atoms. The first-order valence-corrected chi connectivity index (χ1v) is 15.0. The standard InChI is InChI=1S/C30H20F2O7S2/c1-40(31,33)38-26-13-9-24(10-14-26)36-30(37-25-11-15-27(16-12-25)39-41(32,34)35)23-17-21-7-5-19-3-2-4-20-6-8-22(18-23)29(21)28(19)20/h2-18,30H,1H2. The summed E-state index contributed by atoms with van der Waals surface area (Å²) in [4.78, 5) is 0. The molecule has 6 rings (SSSR count). The van der Waals surface area contributed by atoms with Crippen molar-refractivity contribution in [1.29, 1.82) is 0 Å². The molecule has 0 spiro atoms. The highest BCUT2D eigenvalue weighted by Crippen LogP contribution is 2.37. The first kappa shape index (κ1) is 26.6. The van der Waals surface area contributed by atoms with Crippen molar-refractivity contribution in [1.82, 2.24) is 0 Å². The molecule has 6 aromatic rings. The van der Waals surface area contributed by atoms with Gasteiger partial charge in [0.2, 0.25) is 0 Å². The SMILES string of the molecule is C=S(=O)(F)Oc1ccc(OC(Oc2ccc(OS(=O)(=O)F)cc2)c2cc3ccc4cccc5ccc(c2)c3c45)cc1. The van der Waals surface area contributed by atoms with E-state index in [9.17, 15) is 20.4 Å². The van der Waals surface area contributed by atoms with Gasteiger partial charge in [0.15, 0.2) is 0 Å². The van der Waals surface area contributed by atoms with Crippen molar-refractivity contribution in [3.8, 4) is 23.0 Å². The van der Waals surface area contributed by atoms with E-state index < -0.39 is 27.0 Å². The minimum Gasteiger partial charge on any atom is -0.451 e. The normalized spacial score (nSPS) is 14.1. The summed E-state index contributed by atoms with van der Waals surface area (Å²) in [6, 6.07) is 29.2. The van der Waals surface area contributed by atoms with Gasteiger partial charge >= 0.3 is 10.5 Å². The topological polar surface area (TPSA) is 88.1 Å². The van der Waals surface area contributed by atoms with E-state index >= 15 is 0 Å². The fourth-order valence-corrected chi connectivity index (χ4v) is 5.47. The van der Waals surface area contributed by atoms with Crippen LogP contribution in [0.3, 0.4) is 0 Å². The van der Waals surface area contributed by atoms with Gasteiger partial charge in [-0.25, -0.2) is 0 Å². The maximum atomic E-state index is 13.3. The molecule has 0 aliphatic heterocycles. The summed E-state index contributed by atoms with van der Waals surface area (Å²) in [5.74, 6) is 3.20.